The second kappa shape index (κ2) is 8.71. The van der Waals surface area contributed by atoms with Crippen LogP contribution in [0.4, 0.5) is 0 Å². The predicted octanol–water partition coefficient (Wildman–Crippen LogP) is 5.09. The van der Waals surface area contributed by atoms with Gasteiger partial charge in [0.15, 0.2) is 5.82 Å². The number of imidazole rings is 2. The SMILES string of the molecule is C(=Cc1ccccc1)COn1c(-c2ccccc2)nc2ccc(Cn3ccnc3)cc21. The van der Waals surface area contributed by atoms with Crippen LogP contribution in [0, 0.1) is 0 Å². The highest BCUT2D eigenvalue weighted by Crippen LogP contribution is 2.25. The largest absolute Gasteiger partial charge is 0.408 e. The minimum Gasteiger partial charge on any atom is -0.408 e. The second-order valence-electron chi connectivity index (χ2n) is 7.26. The molecule has 0 radical (unpaired) electrons. The van der Waals surface area contributed by atoms with Crippen LogP contribution in [0.2, 0.25) is 0 Å². The van der Waals surface area contributed by atoms with Crippen LogP contribution >= 0.6 is 0 Å². The highest BCUT2D eigenvalue weighted by atomic mass is 16.7. The van der Waals surface area contributed by atoms with Crippen molar-refractivity contribution >= 4 is 17.1 Å². The molecule has 5 heteroatoms. The summed E-state index contributed by atoms with van der Waals surface area (Å²) in [7, 11) is 0. The first kappa shape index (κ1) is 18.9. The van der Waals surface area contributed by atoms with E-state index in [2.05, 4.69) is 35.3 Å². The Bertz CT molecular complexity index is 1290. The summed E-state index contributed by atoms with van der Waals surface area (Å²) in [4.78, 5) is 15.2. The Morgan fingerprint density at radius 2 is 1.71 bits per heavy atom. The first-order valence-electron chi connectivity index (χ1n) is 10.2. The average Bonchev–Trinajstić information content (AvgIpc) is 3.46. The zero-order chi connectivity index (χ0) is 20.9. The normalized spacial score (nSPS) is 11.4. The van der Waals surface area contributed by atoms with Crippen LogP contribution in [0.5, 0.6) is 0 Å². The Kier molecular flexibility index (Phi) is 5.31. The third kappa shape index (κ3) is 4.26. The van der Waals surface area contributed by atoms with Crippen molar-refractivity contribution in [3.05, 3.63) is 115 Å². The molecule has 0 bridgehead atoms. The molecule has 0 atom stereocenters. The molecule has 0 spiro atoms. The highest BCUT2D eigenvalue weighted by molar-refractivity contribution is 5.81. The zero-order valence-corrected chi connectivity index (χ0v) is 17.0. The molecule has 5 rings (SSSR count). The number of nitrogens with zero attached hydrogens (tertiary/aromatic N) is 4. The van der Waals surface area contributed by atoms with E-state index in [1.165, 1.54) is 0 Å². The van der Waals surface area contributed by atoms with Gasteiger partial charge < -0.3 is 9.40 Å². The van der Waals surface area contributed by atoms with Crippen LogP contribution < -0.4 is 4.84 Å². The van der Waals surface area contributed by atoms with E-state index in [0.29, 0.717) is 6.61 Å². The van der Waals surface area contributed by atoms with Crippen LogP contribution in [0.3, 0.4) is 0 Å². The lowest BCUT2D eigenvalue weighted by Crippen LogP contribution is -2.13. The molecule has 0 saturated carbocycles. The van der Waals surface area contributed by atoms with Gasteiger partial charge in [0.2, 0.25) is 0 Å². The van der Waals surface area contributed by atoms with Gasteiger partial charge in [0.05, 0.1) is 11.8 Å². The van der Waals surface area contributed by atoms with E-state index < -0.39 is 0 Å². The monoisotopic (exact) mass is 406 g/mol. The van der Waals surface area contributed by atoms with Gasteiger partial charge >= 0.3 is 0 Å². The molecule has 0 aliphatic heterocycles. The van der Waals surface area contributed by atoms with Crippen molar-refractivity contribution in [1.29, 1.82) is 0 Å². The summed E-state index contributed by atoms with van der Waals surface area (Å²) in [6, 6.07) is 26.6. The van der Waals surface area contributed by atoms with Gasteiger partial charge in [-0.25, -0.2) is 9.97 Å². The van der Waals surface area contributed by atoms with E-state index in [9.17, 15) is 0 Å². The first-order valence-corrected chi connectivity index (χ1v) is 10.2. The second-order valence-corrected chi connectivity index (χ2v) is 7.26. The van der Waals surface area contributed by atoms with Crippen LogP contribution in [-0.4, -0.2) is 25.9 Å². The van der Waals surface area contributed by atoms with Crippen LogP contribution in [0.15, 0.2) is 104 Å². The number of benzene rings is 3. The molecule has 152 valence electrons. The topological polar surface area (TPSA) is 44.9 Å². The van der Waals surface area contributed by atoms with Crippen molar-refractivity contribution < 1.29 is 4.84 Å². The lowest BCUT2D eigenvalue weighted by Gasteiger charge is -2.10. The Balaban J connectivity index is 1.48. The van der Waals surface area contributed by atoms with Crippen molar-refractivity contribution in [2.24, 2.45) is 0 Å². The van der Waals surface area contributed by atoms with Crippen molar-refractivity contribution in [3.8, 4) is 11.4 Å². The molecule has 0 aliphatic rings. The standard InChI is InChI=1S/C26H22N4O/c1-3-8-21(9-4-1)10-7-17-31-30-25-18-22(19-29-16-15-27-20-29)13-14-24(25)28-26(30)23-11-5-2-6-12-23/h1-16,18,20H,17,19H2. The number of aromatic nitrogens is 4. The molecule has 0 fully saturated rings. The smallest absolute Gasteiger partial charge is 0.176 e. The van der Waals surface area contributed by atoms with E-state index >= 15 is 0 Å². The molecule has 2 aromatic heterocycles. The van der Waals surface area contributed by atoms with Crippen molar-refractivity contribution in [1.82, 2.24) is 19.3 Å². The van der Waals surface area contributed by atoms with Gasteiger partial charge in [-0.05, 0) is 29.3 Å². The van der Waals surface area contributed by atoms with Crippen LogP contribution in [0.25, 0.3) is 28.5 Å². The van der Waals surface area contributed by atoms with E-state index in [1.54, 1.807) is 6.20 Å². The molecule has 0 N–H and O–H groups in total. The summed E-state index contributed by atoms with van der Waals surface area (Å²) < 4.78 is 3.89. The van der Waals surface area contributed by atoms with E-state index in [-0.39, 0.29) is 0 Å². The van der Waals surface area contributed by atoms with Gasteiger partial charge in [0.1, 0.15) is 12.1 Å². The maximum atomic E-state index is 6.20. The summed E-state index contributed by atoms with van der Waals surface area (Å²) in [5.41, 5.74) is 5.17. The fourth-order valence-corrected chi connectivity index (χ4v) is 3.55. The maximum Gasteiger partial charge on any atom is 0.176 e. The van der Waals surface area contributed by atoms with Crippen molar-refractivity contribution in [3.63, 3.8) is 0 Å². The summed E-state index contributed by atoms with van der Waals surface area (Å²) in [6.07, 6.45) is 9.65. The van der Waals surface area contributed by atoms with Crippen LogP contribution in [0.1, 0.15) is 11.1 Å². The number of rotatable bonds is 7. The molecule has 0 saturated heterocycles. The average molecular weight is 406 g/mol. The minimum absolute atomic E-state index is 0.436. The van der Waals surface area contributed by atoms with E-state index in [0.717, 1.165) is 40.1 Å². The quantitative estimate of drug-likeness (QED) is 0.378. The highest BCUT2D eigenvalue weighted by Gasteiger charge is 2.14. The number of hydrogen-bond donors (Lipinski definition) is 0. The maximum absolute atomic E-state index is 6.20. The molecular weight excluding hydrogens is 384 g/mol. The predicted molar refractivity (Wildman–Crippen MR) is 123 cm³/mol. The molecule has 31 heavy (non-hydrogen) atoms. The third-order valence-electron chi connectivity index (χ3n) is 5.04. The van der Waals surface area contributed by atoms with Crippen molar-refractivity contribution in [2.75, 3.05) is 6.61 Å². The number of fused-ring (bicyclic) bond motifs is 1. The first-order chi connectivity index (χ1) is 15.4. The Hall–Kier alpha value is -4.12. The Labute approximate surface area is 180 Å². The molecular formula is C26H22N4O. The van der Waals surface area contributed by atoms with Gasteiger partial charge in [-0.15, -0.1) is 0 Å². The Morgan fingerprint density at radius 1 is 0.903 bits per heavy atom. The molecule has 0 unspecified atom stereocenters. The third-order valence-corrected chi connectivity index (χ3v) is 5.04. The zero-order valence-electron chi connectivity index (χ0n) is 17.0. The molecule has 0 amide bonds. The lowest BCUT2D eigenvalue weighted by atomic mass is 10.2. The van der Waals surface area contributed by atoms with E-state index in [1.807, 2.05) is 82.5 Å². The molecule has 5 aromatic rings. The van der Waals surface area contributed by atoms with Crippen molar-refractivity contribution in [2.45, 2.75) is 6.54 Å². The molecule has 2 heterocycles. The summed E-state index contributed by atoms with van der Waals surface area (Å²) in [6.45, 7) is 1.18. The molecule has 5 nitrogen and oxygen atoms in total. The van der Waals surface area contributed by atoms with Crippen LogP contribution in [-0.2, 0) is 6.54 Å². The van der Waals surface area contributed by atoms with E-state index in [4.69, 9.17) is 9.82 Å². The fraction of sp³-hybridized carbons (Fsp3) is 0.0769. The van der Waals surface area contributed by atoms with Gasteiger partial charge in [0.25, 0.3) is 0 Å². The summed E-state index contributed by atoms with van der Waals surface area (Å²) in [5, 5.41) is 0. The Morgan fingerprint density at radius 3 is 2.48 bits per heavy atom. The number of hydrogen-bond acceptors (Lipinski definition) is 3. The van der Waals surface area contributed by atoms with Gasteiger partial charge in [0, 0.05) is 24.5 Å². The summed E-state index contributed by atoms with van der Waals surface area (Å²) in [5.74, 6) is 0.795. The summed E-state index contributed by atoms with van der Waals surface area (Å²) >= 11 is 0. The van der Waals surface area contributed by atoms with Gasteiger partial charge in [-0.1, -0.05) is 72.8 Å². The minimum atomic E-state index is 0.436. The molecule has 3 aromatic carbocycles. The van der Waals surface area contributed by atoms with Gasteiger partial charge in [-0.2, -0.15) is 4.73 Å². The van der Waals surface area contributed by atoms with Gasteiger partial charge in [-0.3, -0.25) is 0 Å². The molecule has 0 aliphatic carbocycles. The fourth-order valence-electron chi connectivity index (χ4n) is 3.55. The lowest BCUT2D eigenvalue weighted by molar-refractivity contribution is 0.149.